The minimum absolute atomic E-state index is 0.626. The first-order chi connectivity index (χ1) is 9.31. The Labute approximate surface area is 117 Å². The molecule has 2 aromatic heterocycles. The van der Waals surface area contributed by atoms with E-state index in [9.17, 15) is 0 Å². The molecule has 0 saturated heterocycles. The van der Waals surface area contributed by atoms with Crippen molar-refractivity contribution in [3.8, 4) is 0 Å². The molecular formula is C12H9BrN6. The van der Waals surface area contributed by atoms with Gasteiger partial charge in [-0.15, -0.1) is 15.3 Å². The molecule has 6 nitrogen and oxygen atoms in total. The maximum Gasteiger partial charge on any atom is 0.177 e. The van der Waals surface area contributed by atoms with Gasteiger partial charge in [0.1, 0.15) is 6.33 Å². The Hall–Kier alpha value is -2.28. The van der Waals surface area contributed by atoms with Crippen LogP contribution in [0.5, 0.6) is 0 Å². The van der Waals surface area contributed by atoms with E-state index in [1.54, 1.807) is 23.1 Å². The molecule has 1 aromatic carbocycles. The molecule has 0 spiro atoms. The molecule has 0 aliphatic rings. The third-order valence-electron chi connectivity index (χ3n) is 2.42. The van der Waals surface area contributed by atoms with Crippen LogP contribution in [0.3, 0.4) is 0 Å². The molecule has 94 valence electrons. The summed E-state index contributed by atoms with van der Waals surface area (Å²) in [4.78, 5) is 0. The van der Waals surface area contributed by atoms with Gasteiger partial charge in [0, 0.05) is 4.47 Å². The second-order valence-electron chi connectivity index (χ2n) is 3.77. The summed E-state index contributed by atoms with van der Waals surface area (Å²) in [6, 6.07) is 11.5. The Morgan fingerprint density at radius 1 is 1.16 bits per heavy atom. The van der Waals surface area contributed by atoms with E-state index in [4.69, 9.17) is 0 Å². The van der Waals surface area contributed by atoms with E-state index in [1.807, 2.05) is 30.3 Å². The van der Waals surface area contributed by atoms with E-state index in [0.29, 0.717) is 11.5 Å². The number of nitrogens with one attached hydrogen (secondary N) is 1. The highest BCUT2D eigenvalue weighted by Crippen LogP contribution is 2.09. The molecule has 3 aromatic rings. The average molecular weight is 317 g/mol. The summed E-state index contributed by atoms with van der Waals surface area (Å²) in [5.74, 6) is 0.626. The van der Waals surface area contributed by atoms with Crippen molar-refractivity contribution in [2.45, 2.75) is 0 Å². The Bertz CT molecular complexity index is 718. The van der Waals surface area contributed by atoms with Crippen molar-refractivity contribution < 1.29 is 0 Å². The average Bonchev–Trinajstić information content (AvgIpc) is 2.88. The molecular weight excluding hydrogens is 308 g/mol. The first kappa shape index (κ1) is 11.8. The van der Waals surface area contributed by atoms with Crippen molar-refractivity contribution in [3.05, 3.63) is 52.8 Å². The summed E-state index contributed by atoms with van der Waals surface area (Å²) in [5, 5.41) is 16.0. The fraction of sp³-hybridized carbons (Fsp3) is 0. The molecule has 0 bridgehead atoms. The van der Waals surface area contributed by atoms with Gasteiger partial charge in [-0.25, -0.2) is 0 Å². The Morgan fingerprint density at radius 2 is 2.00 bits per heavy atom. The summed E-state index contributed by atoms with van der Waals surface area (Å²) in [6.45, 7) is 0. The lowest BCUT2D eigenvalue weighted by atomic mass is 10.2. The van der Waals surface area contributed by atoms with Crippen LogP contribution in [0.25, 0.3) is 5.65 Å². The summed E-state index contributed by atoms with van der Waals surface area (Å²) < 4.78 is 2.62. The van der Waals surface area contributed by atoms with Crippen LogP contribution in [-0.2, 0) is 0 Å². The highest BCUT2D eigenvalue weighted by Gasteiger charge is 1.97. The van der Waals surface area contributed by atoms with Crippen LogP contribution in [0.1, 0.15) is 5.56 Å². The van der Waals surface area contributed by atoms with Crippen LogP contribution in [0, 0.1) is 0 Å². The molecule has 3 rings (SSSR count). The zero-order valence-corrected chi connectivity index (χ0v) is 11.3. The topological polar surface area (TPSA) is 67.5 Å². The number of nitrogens with zero attached hydrogens (tertiary/aromatic N) is 5. The number of hydrazone groups is 1. The quantitative estimate of drug-likeness (QED) is 0.595. The van der Waals surface area contributed by atoms with Crippen molar-refractivity contribution in [1.82, 2.24) is 19.8 Å². The number of benzene rings is 1. The zero-order valence-electron chi connectivity index (χ0n) is 9.73. The number of fused-ring (bicyclic) bond motifs is 1. The molecule has 0 atom stereocenters. The van der Waals surface area contributed by atoms with Gasteiger partial charge in [0.05, 0.1) is 6.21 Å². The highest BCUT2D eigenvalue weighted by molar-refractivity contribution is 9.10. The molecule has 19 heavy (non-hydrogen) atoms. The van der Waals surface area contributed by atoms with Gasteiger partial charge < -0.3 is 0 Å². The van der Waals surface area contributed by atoms with Gasteiger partial charge in [-0.1, -0.05) is 28.1 Å². The van der Waals surface area contributed by atoms with Gasteiger partial charge in [0.25, 0.3) is 0 Å². The van der Waals surface area contributed by atoms with E-state index in [2.05, 4.69) is 41.8 Å². The minimum Gasteiger partial charge on any atom is -0.260 e. The molecule has 1 N–H and O–H groups in total. The molecule has 0 aliphatic heterocycles. The molecule has 0 aliphatic carbocycles. The van der Waals surface area contributed by atoms with Gasteiger partial charge in [0.2, 0.25) is 0 Å². The lowest BCUT2D eigenvalue weighted by Gasteiger charge is -1.99. The molecule has 0 unspecified atom stereocenters. The van der Waals surface area contributed by atoms with Gasteiger partial charge in [-0.3, -0.25) is 5.43 Å². The third kappa shape index (κ3) is 2.76. The molecule has 0 amide bonds. The van der Waals surface area contributed by atoms with Crippen LogP contribution >= 0.6 is 15.9 Å². The lowest BCUT2D eigenvalue weighted by molar-refractivity contribution is 0.925. The molecule has 7 heteroatoms. The summed E-state index contributed by atoms with van der Waals surface area (Å²) in [6.07, 6.45) is 3.27. The number of aromatic nitrogens is 4. The van der Waals surface area contributed by atoms with E-state index in [1.165, 1.54) is 0 Å². The molecule has 2 heterocycles. The predicted molar refractivity (Wildman–Crippen MR) is 76.1 cm³/mol. The van der Waals surface area contributed by atoms with Gasteiger partial charge >= 0.3 is 0 Å². The second-order valence-corrected chi connectivity index (χ2v) is 4.69. The fourth-order valence-corrected chi connectivity index (χ4v) is 1.77. The number of halogens is 1. The van der Waals surface area contributed by atoms with Crippen LogP contribution in [0.4, 0.5) is 5.82 Å². The summed E-state index contributed by atoms with van der Waals surface area (Å²) in [5.41, 5.74) is 4.56. The molecule has 0 saturated carbocycles. The number of hydrogen-bond donors (Lipinski definition) is 1. The maximum absolute atomic E-state index is 4.24. The number of hydrogen-bond acceptors (Lipinski definition) is 5. The van der Waals surface area contributed by atoms with E-state index < -0.39 is 0 Å². The van der Waals surface area contributed by atoms with Crippen molar-refractivity contribution in [2.24, 2.45) is 5.10 Å². The number of rotatable bonds is 3. The minimum atomic E-state index is 0.626. The Balaban J connectivity index is 1.72. The SMILES string of the molecule is Brc1ccc(/C=N/Nc2ccc3nncn3n2)cc1. The Kier molecular flexibility index (Phi) is 3.20. The monoisotopic (exact) mass is 316 g/mol. The normalized spacial score (nSPS) is 11.2. The maximum atomic E-state index is 4.24. The fourth-order valence-electron chi connectivity index (χ4n) is 1.51. The van der Waals surface area contributed by atoms with Gasteiger partial charge in [-0.2, -0.15) is 9.62 Å². The van der Waals surface area contributed by atoms with Crippen LogP contribution in [0.2, 0.25) is 0 Å². The van der Waals surface area contributed by atoms with Crippen LogP contribution in [-0.4, -0.2) is 26.0 Å². The summed E-state index contributed by atoms with van der Waals surface area (Å²) in [7, 11) is 0. The summed E-state index contributed by atoms with van der Waals surface area (Å²) >= 11 is 3.38. The van der Waals surface area contributed by atoms with Crippen molar-refractivity contribution in [2.75, 3.05) is 5.43 Å². The zero-order chi connectivity index (χ0) is 13.1. The van der Waals surface area contributed by atoms with Crippen molar-refractivity contribution in [3.63, 3.8) is 0 Å². The predicted octanol–water partition coefficient (Wildman–Crippen LogP) is 2.33. The first-order valence-electron chi connectivity index (χ1n) is 5.53. The Morgan fingerprint density at radius 3 is 2.84 bits per heavy atom. The van der Waals surface area contributed by atoms with Gasteiger partial charge in [-0.05, 0) is 29.8 Å². The smallest absolute Gasteiger partial charge is 0.177 e. The van der Waals surface area contributed by atoms with E-state index in [-0.39, 0.29) is 0 Å². The number of anilines is 1. The van der Waals surface area contributed by atoms with Gasteiger partial charge in [0.15, 0.2) is 11.5 Å². The lowest BCUT2D eigenvalue weighted by Crippen LogP contribution is -1.98. The largest absolute Gasteiger partial charge is 0.260 e. The van der Waals surface area contributed by atoms with Crippen LogP contribution < -0.4 is 5.43 Å². The highest BCUT2D eigenvalue weighted by atomic mass is 79.9. The van der Waals surface area contributed by atoms with Crippen molar-refractivity contribution in [1.29, 1.82) is 0 Å². The van der Waals surface area contributed by atoms with Crippen molar-refractivity contribution >= 4 is 33.6 Å². The van der Waals surface area contributed by atoms with Crippen LogP contribution in [0.15, 0.2) is 52.3 Å². The first-order valence-corrected chi connectivity index (χ1v) is 6.32. The molecule has 0 radical (unpaired) electrons. The van der Waals surface area contributed by atoms with E-state index in [0.717, 1.165) is 10.0 Å². The third-order valence-corrected chi connectivity index (χ3v) is 2.95. The second kappa shape index (κ2) is 5.15. The standard InChI is InChI=1S/C12H9BrN6/c13-10-3-1-9(2-4-10)7-14-16-11-5-6-12-17-15-8-19(12)18-11/h1-8H,(H,16,18)/b14-7+. The van der Waals surface area contributed by atoms with E-state index >= 15 is 0 Å². The molecule has 0 fully saturated rings.